The lowest BCUT2D eigenvalue weighted by Crippen LogP contribution is -2.43. The van der Waals surface area contributed by atoms with E-state index in [1.54, 1.807) is 12.1 Å². The van der Waals surface area contributed by atoms with Crippen molar-refractivity contribution in [3.05, 3.63) is 44.2 Å². The summed E-state index contributed by atoms with van der Waals surface area (Å²) in [6.07, 6.45) is 1.35. The highest BCUT2D eigenvalue weighted by atomic mass is 79.9. The summed E-state index contributed by atoms with van der Waals surface area (Å²) in [5.41, 5.74) is 1.75. The van der Waals surface area contributed by atoms with E-state index in [1.165, 1.54) is 15.6 Å². The first-order valence-electron chi connectivity index (χ1n) is 8.10. The van der Waals surface area contributed by atoms with Crippen LogP contribution in [0.5, 0.6) is 0 Å². The summed E-state index contributed by atoms with van der Waals surface area (Å²) >= 11 is 7.92. The number of nitrogens with zero attached hydrogens (tertiary/aromatic N) is 1. The van der Waals surface area contributed by atoms with Crippen LogP contribution in [0.15, 0.2) is 42.8 Å². The number of piperidine rings is 1. The van der Waals surface area contributed by atoms with Crippen LogP contribution in [0, 0.1) is 12.8 Å². The summed E-state index contributed by atoms with van der Waals surface area (Å²) in [7, 11) is -3.56. The van der Waals surface area contributed by atoms with E-state index >= 15 is 0 Å². The third-order valence-electron chi connectivity index (χ3n) is 4.32. The van der Waals surface area contributed by atoms with Gasteiger partial charge in [-0.3, -0.25) is 4.79 Å². The van der Waals surface area contributed by atoms with Crippen molar-refractivity contribution in [3.63, 3.8) is 0 Å². The van der Waals surface area contributed by atoms with Crippen LogP contribution in [0.4, 0.5) is 5.69 Å². The molecule has 0 saturated carbocycles. The molecule has 1 saturated heterocycles. The Kier molecular flexibility index (Phi) is 6.23. The van der Waals surface area contributed by atoms with Gasteiger partial charge in [-0.05, 0) is 71.6 Å². The fourth-order valence-electron chi connectivity index (χ4n) is 2.91. The molecule has 1 aliphatic rings. The number of hydrogen-bond acceptors (Lipinski definition) is 4. The molecule has 1 aromatic carbocycles. The highest BCUT2D eigenvalue weighted by molar-refractivity contribution is 9.11. The molecule has 0 bridgehead atoms. The van der Waals surface area contributed by atoms with E-state index in [4.69, 9.17) is 0 Å². The van der Waals surface area contributed by atoms with Crippen LogP contribution in [-0.4, -0.2) is 31.7 Å². The highest BCUT2D eigenvalue weighted by Gasteiger charge is 2.34. The molecule has 1 aliphatic heterocycles. The minimum absolute atomic E-state index is 0.140. The molecule has 1 amide bonds. The van der Waals surface area contributed by atoms with E-state index in [2.05, 4.69) is 37.2 Å². The molecule has 2 aromatic rings. The molecule has 2 heterocycles. The molecule has 5 nitrogen and oxygen atoms in total. The number of sulfonamides is 1. The Balaban J connectivity index is 1.71. The molecule has 0 radical (unpaired) electrons. The largest absolute Gasteiger partial charge is 0.326 e. The summed E-state index contributed by atoms with van der Waals surface area (Å²) in [5, 5.41) is 2.91. The van der Waals surface area contributed by atoms with E-state index in [0.717, 1.165) is 19.5 Å². The zero-order valence-electron chi connectivity index (χ0n) is 14.0. The molecule has 0 unspecified atom stereocenters. The van der Waals surface area contributed by atoms with E-state index in [0.29, 0.717) is 23.6 Å². The van der Waals surface area contributed by atoms with E-state index < -0.39 is 10.0 Å². The molecule has 1 fully saturated rings. The Labute approximate surface area is 174 Å². The van der Waals surface area contributed by atoms with Crippen molar-refractivity contribution in [2.75, 3.05) is 18.4 Å². The summed E-state index contributed by atoms with van der Waals surface area (Å²) < 4.78 is 29.0. The van der Waals surface area contributed by atoms with Gasteiger partial charge in [-0.25, -0.2) is 8.42 Å². The van der Waals surface area contributed by atoms with E-state index in [-0.39, 0.29) is 18.4 Å². The normalized spacial score (nSPS) is 18.7. The summed E-state index contributed by atoms with van der Waals surface area (Å²) in [4.78, 5) is 12.6. The number of benzene rings is 1. The molecule has 1 atom stereocenters. The van der Waals surface area contributed by atoms with Crippen LogP contribution in [0.1, 0.15) is 18.4 Å². The minimum Gasteiger partial charge on any atom is -0.326 e. The quantitative estimate of drug-likeness (QED) is 0.638. The fraction of sp³-hybridized carbons (Fsp3) is 0.353. The maximum Gasteiger partial charge on any atom is 0.252 e. The summed E-state index contributed by atoms with van der Waals surface area (Å²) in [6, 6.07) is 8.93. The molecule has 1 N–H and O–H groups in total. The number of anilines is 1. The Morgan fingerprint density at radius 1 is 1.27 bits per heavy atom. The van der Waals surface area contributed by atoms with Gasteiger partial charge in [0.2, 0.25) is 5.91 Å². The minimum atomic E-state index is -3.56. The number of aryl methyl sites for hydroxylation is 1. The van der Waals surface area contributed by atoms with Crippen molar-refractivity contribution >= 4 is 64.8 Å². The van der Waals surface area contributed by atoms with Gasteiger partial charge in [0.15, 0.2) is 0 Å². The lowest BCUT2D eigenvalue weighted by Gasteiger charge is -2.30. The molecule has 3 rings (SSSR count). The smallest absolute Gasteiger partial charge is 0.252 e. The third kappa shape index (κ3) is 4.39. The van der Waals surface area contributed by atoms with Crippen molar-refractivity contribution < 1.29 is 13.2 Å². The molecular weight excluding hydrogens is 504 g/mol. The van der Waals surface area contributed by atoms with Crippen molar-refractivity contribution in [2.24, 2.45) is 5.92 Å². The Hall–Kier alpha value is -0.740. The second-order valence-electron chi connectivity index (χ2n) is 6.21. The van der Waals surface area contributed by atoms with Gasteiger partial charge >= 0.3 is 0 Å². The lowest BCUT2D eigenvalue weighted by atomic mass is 9.98. The number of carbonyl (C=O) groups excluding carboxylic acids is 1. The first kappa shape index (κ1) is 20.0. The molecule has 0 spiro atoms. The first-order valence-corrected chi connectivity index (χ1v) is 11.9. The van der Waals surface area contributed by atoms with Crippen molar-refractivity contribution in [3.8, 4) is 0 Å². The fourth-order valence-corrected chi connectivity index (χ4v) is 6.84. The van der Waals surface area contributed by atoms with Crippen LogP contribution < -0.4 is 5.32 Å². The molecular formula is C17H18Br2N2O3S2. The van der Waals surface area contributed by atoms with Crippen molar-refractivity contribution in [1.82, 2.24) is 4.31 Å². The zero-order valence-corrected chi connectivity index (χ0v) is 18.8. The van der Waals surface area contributed by atoms with Gasteiger partial charge in [-0.1, -0.05) is 15.9 Å². The number of halogens is 2. The molecule has 0 aliphatic carbocycles. The number of nitrogens with one attached hydrogen (secondary N) is 1. The van der Waals surface area contributed by atoms with Crippen LogP contribution in [-0.2, 0) is 14.8 Å². The van der Waals surface area contributed by atoms with Crippen LogP contribution in [0.3, 0.4) is 0 Å². The summed E-state index contributed by atoms with van der Waals surface area (Å²) in [5.74, 6) is -0.495. The van der Waals surface area contributed by atoms with E-state index in [1.807, 2.05) is 25.1 Å². The van der Waals surface area contributed by atoms with Gasteiger partial charge in [0.1, 0.15) is 4.21 Å². The number of carbonyl (C=O) groups is 1. The maximum absolute atomic E-state index is 12.8. The predicted molar refractivity (Wildman–Crippen MR) is 111 cm³/mol. The third-order valence-corrected chi connectivity index (χ3v) is 9.17. The lowest BCUT2D eigenvalue weighted by molar-refractivity contribution is -0.120. The van der Waals surface area contributed by atoms with Crippen LogP contribution in [0.2, 0.25) is 0 Å². The number of amides is 1. The number of hydrogen-bond donors (Lipinski definition) is 1. The Bertz CT molecular complexity index is 928. The average molecular weight is 522 g/mol. The zero-order chi connectivity index (χ0) is 18.9. The first-order chi connectivity index (χ1) is 12.3. The average Bonchev–Trinajstić information content (AvgIpc) is 3.05. The maximum atomic E-state index is 12.8. The van der Waals surface area contributed by atoms with Gasteiger partial charge < -0.3 is 5.32 Å². The molecule has 9 heteroatoms. The highest BCUT2D eigenvalue weighted by Crippen LogP contribution is 2.31. The predicted octanol–water partition coefficient (Wildman–Crippen LogP) is 4.62. The second-order valence-corrected chi connectivity index (χ2v) is 11.7. The SMILES string of the molecule is Cc1cc(NC(=O)[C@H]2CCCN(S(=O)(=O)c3ccc(Br)s3)C2)ccc1Br. The Morgan fingerprint density at radius 3 is 2.69 bits per heavy atom. The molecule has 1 aromatic heterocycles. The van der Waals surface area contributed by atoms with Crippen molar-refractivity contribution in [2.45, 2.75) is 24.0 Å². The summed E-state index contributed by atoms with van der Waals surface area (Å²) in [6.45, 7) is 2.60. The van der Waals surface area contributed by atoms with Crippen molar-refractivity contribution in [1.29, 1.82) is 0 Å². The van der Waals surface area contributed by atoms with Gasteiger partial charge in [-0.2, -0.15) is 4.31 Å². The monoisotopic (exact) mass is 520 g/mol. The molecule has 140 valence electrons. The standard InChI is InChI=1S/C17H18Br2N2O3S2/c1-11-9-13(4-5-14(11)18)20-17(22)12-3-2-8-21(10-12)26(23,24)16-7-6-15(19)25-16/h4-7,9,12H,2-3,8,10H2,1H3,(H,20,22)/t12-/m0/s1. The second kappa shape index (κ2) is 8.10. The number of thiophene rings is 1. The van der Waals surface area contributed by atoms with Crippen LogP contribution in [0.25, 0.3) is 0 Å². The topological polar surface area (TPSA) is 66.5 Å². The number of rotatable bonds is 4. The van der Waals surface area contributed by atoms with Crippen LogP contribution >= 0.6 is 43.2 Å². The van der Waals surface area contributed by atoms with Gasteiger partial charge in [0, 0.05) is 23.2 Å². The van der Waals surface area contributed by atoms with E-state index in [9.17, 15) is 13.2 Å². The van der Waals surface area contributed by atoms with Gasteiger partial charge in [0.25, 0.3) is 10.0 Å². The Morgan fingerprint density at radius 2 is 2.04 bits per heavy atom. The molecule has 26 heavy (non-hydrogen) atoms. The van der Waals surface area contributed by atoms with Gasteiger partial charge in [-0.15, -0.1) is 11.3 Å². The van der Waals surface area contributed by atoms with Gasteiger partial charge in [0.05, 0.1) is 9.70 Å².